The molecule has 5 rings (SSSR count). The number of carbonyl (C=O) groups excluding carboxylic acids is 2. The van der Waals surface area contributed by atoms with E-state index >= 15 is 0 Å². The smallest absolute Gasteiger partial charge is 0.320 e. The first kappa shape index (κ1) is 28.6. The number of halogens is 2. The molecule has 0 unspecified atom stereocenters. The van der Waals surface area contributed by atoms with Crippen molar-refractivity contribution in [2.24, 2.45) is 0 Å². The third-order valence-electron chi connectivity index (χ3n) is 7.43. The van der Waals surface area contributed by atoms with Crippen molar-refractivity contribution < 1.29 is 9.59 Å². The quantitative estimate of drug-likeness (QED) is 0.372. The van der Waals surface area contributed by atoms with Gasteiger partial charge in [-0.25, -0.2) is 14.8 Å². The summed E-state index contributed by atoms with van der Waals surface area (Å²) in [5.41, 5.74) is 1.98. The van der Waals surface area contributed by atoms with Gasteiger partial charge in [-0.15, -0.1) is 11.3 Å². The summed E-state index contributed by atoms with van der Waals surface area (Å²) in [7, 11) is 0. The minimum absolute atomic E-state index is 0.0127. The number of carbonyl (C=O) groups is 2. The molecule has 4 heterocycles. The maximum absolute atomic E-state index is 13.0. The zero-order chi connectivity index (χ0) is 28.2. The number of benzene rings is 1. The molecule has 3 aromatic rings. The topological polar surface area (TPSA) is 84.9 Å². The van der Waals surface area contributed by atoms with Crippen LogP contribution >= 0.6 is 34.5 Å². The molecule has 0 bridgehead atoms. The SMILES string of the molecule is CCN(CC)C(=O)N1CCN(C/C=C/C(=O)N2CCc3c(sc4ncnc(Nc5ccc(Cl)c(Cl)c5)c34)C2)CC1. The number of rotatable bonds is 7. The molecule has 3 amide bonds. The number of nitrogens with one attached hydrogen (secondary N) is 1. The highest BCUT2D eigenvalue weighted by molar-refractivity contribution is 7.19. The summed E-state index contributed by atoms with van der Waals surface area (Å²) >= 11 is 13.9. The molecular formula is C28H33Cl2N7O2S. The Bertz CT molecular complexity index is 1420. The predicted molar refractivity (Wildman–Crippen MR) is 162 cm³/mol. The van der Waals surface area contributed by atoms with Crippen LogP contribution in [0, 0.1) is 0 Å². The predicted octanol–water partition coefficient (Wildman–Crippen LogP) is 5.26. The van der Waals surface area contributed by atoms with E-state index in [4.69, 9.17) is 23.2 Å². The molecule has 0 aliphatic carbocycles. The molecule has 1 fully saturated rings. The second-order valence-corrected chi connectivity index (χ2v) is 11.7. The summed E-state index contributed by atoms with van der Waals surface area (Å²) in [6.45, 7) is 10.4. The number of piperazine rings is 1. The Morgan fingerprint density at radius 3 is 2.55 bits per heavy atom. The van der Waals surface area contributed by atoms with Crippen LogP contribution in [0.2, 0.25) is 10.0 Å². The van der Waals surface area contributed by atoms with Gasteiger partial charge in [0.2, 0.25) is 5.91 Å². The van der Waals surface area contributed by atoms with E-state index in [-0.39, 0.29) is 11.9 Å². The molecule has 2 aliphatic rings. The molecule has 2 aromatic heterocycles. The Morgan fingerprint density at radius 2 is 1.82 bits per heavy atom. The van der Waals surface area contributed by atoms with E-state index in [1.807, 2.05) is 40.7 Å². The number of nitrogens with zero attached hydrogens (tertiary/aromatic N) is 6. The van der Waals surface area contributed by atoms with Gasteiger partial charge in [-0.05, 0) is 44.0 Å². The average Bonchev–Trinajstić information content (AvgIpc) is 3.35. The fourth-order valence-electron chi connectivity index (χ4n) is 5.15. The van der Waals surface area contributed by atoms with Gasteiger partial charge in [-0.2, -0.15) is 0 Å². The average molecular weight is 603 g/mol. The van der Waals surface area contributed by atoms with Crippen LogP contribution in [0.1, 0.15) is 24.3 Å². The standard InChI is InChI=1S/C28H33Cl2N7O2S/c1-3-35(4-2)28(39)36-14-12-34(13-15-36)10-5-6-24(38)37-11-9-20-23(17-37)40-27-25(20)26(31-18-32-27)33-19-7-8-21(29)22(30)16-19/h5-8,16,18H,3-4,9-15,17H2,1-2H3,(H,31,32,33)/b6-5+. The highest BCUT2D eigenvalue weighted by atomic mass is 35.5. The highest BCUT2D eigenvalue weighted by Gasteiger charge is 2.26. The lowest BCUT2D eigenvalue weighted by atomic mass is 10.0. The highest BCUT2D eigenvalue weighted by Crippen LogP contribution is 2.38. The van der Waals surface area contributed by atoms with Crippen molar-refractivity contribution in [2.75, 3.05) is 57.7 Å². The molecule has 1 aromatic carbocycles. The first-order valence-corrected chi connectivity index (χ1v) is 15.1. The normalized spacial score (nSPS) is 16.0. The first-order valence-electron chi connectivity index (χ1n) is 13.6. The summed E-state index contributed by atoms with van der Waals surface area (Å²) in [6, 6.07) is 5.50. The Balaban J connectivity index is 1.18. The first-order chi connectivity index (χ1) is 19.4. The fourth-order valence-corrected chi connectivity index (χ4v) is 6.65. The number of thiophene rings is 1. The lowest BCUT2D eigenvalue weighted by Gasteiger charge is -2.36. The fraction of sp³-hybridized carbons (Fsp3) is 0.429. The van der Waals surface area contributed by atoms with Gasteiger partial charge < -0.3 is 20.0 Å². The third-order valence-corrected chi connectivity index (χ3v) is 9.30. The Morgan fingerprint density at radius 1 is 1.05 bits per heavy atom. The van der Waals surface area contributed by atoms with Crippen molar-refractivity contribution in [1.82, 2.24) is 29.6 Å². The van der Waals surface area contributed by atoms with Gasteiger partial charge in [0.25, 0.3) is 0 Å². The van der Waals surface area contributed by atoms with E-state index in [1.165, 1.54) is 5.56 Å². The van der Waals surface area contributed by atoms with Crippen molar-refractivity contribution in [3.05, 3.63) is 57.2 Å². The van der Waals surface area contributed by atoms with Crippen LogP contribution in [0.5, 0.6) is 0 Å². The monoisotopic (exact) mass is 601 g/mol. The van der Waals surface area contributed by atoms with E-state index in [0.717, 1.165) is 59.2 Å². The van der Waals surface area contributed by atoms with Gasteiger partial charge in [0.1, 0.15) is 17.0 Å². The zero-order valence-corrected chi connectivity index (χ0v) is 25.0. The Labute approximate surface area is 248 Å². The maximum atomic E-state index is 13.0. The summed E-state index contributed by atoms with van der Waals surface area (Å²) in [5, 5.41) is 5.32. The van der Waals surface area contributed by atoms with Gasteiger partial charge in [0, 0.05) is 69.0 Å². The number of aromatic nitrogens is 2. The van der Waals surface area contributed by atoms with Crippen molar-refractivity contribution in [3.8, 4) is 0 Å². The van der Waals surface area contributed by atoms with Crippen LogP contribution in [-0.2, 0) is 17.8 Å². The number of urea groups is 1. The zero-order valence-electron chi connectivity index (χ0n) is 22.7. The largest absolute Gasteiger partial charge is 0.340 e. The molecule has 0 spiro atoms. The molecular weight excluding hydrogens is 569 g/mol. The molecule has 1 N–H and O–H groups in total. The third kappa shape index (κ3) is 6.20. The lowest BCUT2D eigenvalue weighted by molar-refractivity contribution is -0.126. The number of amides is 3. The molecule has 2 aliphatic heterocycles. The minimum Gasteiger partial charge on any atom is -0.340 e. The van der Waals surface area contributed by atoms with Gasteiger partial charge >= 0.3 is 6.03 Å². The summed E-state index contributed by atoms with van der Waals surface area (Å²) < 4.78 is 0. The molecule has 212 valence electrons. The number of anilines is 2. The second-order valence-electron chi connectivity index (χ2n) is 9.81. The Hall–Kier alpha value is -2.92. The summed E-state index contributed by atoms with van der Waals surface area (Å²) in [6.07, 6.45) is 5.91. The van der Waals surface area contributed by atoms with E-state index in [1.54, 1.807) is 35.9 Å². The number of hydrogen-bond acceptors (Lipinski definition) is 7. The van der Waals surface area contributed by atoms with Gasteiger partial charge in [0.05, 0.1) is 22.0 Å². The van der Waals surface area contributed by atoms with Crippen LogP contribution in [-0.4, -0.2) is 93.9 Å². The molecule has 40 heavy (non-hydrogen) atoms. The van der Waals surface area contributed by atoms with Crippen LogP contribution in [0.4, 0.5) is 16.3 Å². The molecule has 9 nitrogen and oxygen atoms in total. The molecule has 0 radical (unpaired) electrons. The molecule has 0 atom stereocenters. The van der Waals surface area contributed by atoms with E-state index in [2.05, 4.69) is 20.2 Å². The van der Waals surface area contributed by atoms with Crippen molar-refractivity contribution in [3.63, 3.8) is 0 Å². The van der Waals surface area contributed by atoms with Gasteiger partial charge in [-0.1, -0.05) is 29.3 Å². The van der Waals surface area contributed by atoms with Gasteiger partial charge in [0.15, 0.2) is 0 Å². The van der Waals surface area contributed by atoms with Gasteiger partial charge in [-0.3, -0.25) is 9.69 Å². The van der Waals surface area contributed by atoms with Crippen LogP contribution in [0.15, 0.2) is 36.7 Å². The maximum Gasteiger partial charge on any atom is 0.320 e. The second kappa shape index (κ2) is 12.7. The minimum atomic E-state index is 0.0127. The summed E-state index contributed by atoms with van der Waals surface area (Å²) in [5.74, 6) is 0.734. The molecule has 0 saturated carbocycles. The summed E-state index contributed by atoms with van der Waals surface area (Å²) in [4.78, 5) is 44.5. The van der Waals surface area contributed by atoms with Crippen LogP contribution in [0.25, 0.3) is 10.2 Å². The Kier molecular flexibility index (Phi) is 9.10. The van der Waals surface area contributed by atoms with Crippen molar-refractivity contribution >= 4 is 68.2 Å². The number of fused-ring (bicyclic) bond motifs is 3. The van der Waals surface area contributed by atoms with E-state index in [9.17, 15) is 9.59 Å². The molecule has 12 heteroatoms. The van der Waals surface area contributed by atoms with Crippen molar-refractivity contribution in [2.45, 2.75) is 26.8 Å². The van der Waals surface area contributed by atoms with Crippen molar-refractivity contribution in [1.29, 1.82) is 0 Å². The van der Waals surface area contributed by atoms with Crippen LogP contribution in [0.3, 0.4) is 0 Å². The molecule has 1 saturated heterocycles. The number of hydrogen-bond donors (Lipinski definition) is 1. The lowest BCUT2D eigenvalue weighted by Crippen LogP contribution is -2.52. The van der Waals surface area contributed by atoms with E-state index < -0.39 is 0 Å². The van der Waals surface area contributed by atoms with Crippen LogP contribution < -0.4 is 5.32 Å². The van der Waals surface area contributed by atoms with E-state index in [0.29, 0.717) is 42.8 Å².